The van der Waals surface area contributed by atoms with Crippen molar-refractivity contribution in [2.75, 3.05) is 72.6 Å². The number of morpholine rings is 1. The van der Waals surface area contributed by atoms with Crippen molar-refractivity contribution < 1.29 is 9.53 Å². The second kappa shape index (κ2) is 10.8. The number of guanidine groups is 1. The van der Waals surface area contributed by atoms with Crippen LogP contribution in [-0.4, -0.2) is 99.2 Å². The predicted octanol–water partition coefficient (Wildman–Crippen LogP) is 1.21. The lowest BCUT2D eigenvalue weighted by Crippen LogP contribution is -2.55. The molecule has 166 valence electrons. The van der Waals surface area contributed by atoms with Gasteiger partial charge in [0.15, 0.2) is 5.96 Å². The van der Waals surface area contributed by atoms with Gasteiger partial charge in [-0.15, -0.1) is 0 Å². The Hall–Kier alpha value is -2.12. The zero-order chi connectivity index (χ0) is 21.5. The maximum absolute atomic E-state index is 12.5. The normalized spacial score (nSPS) is 18.6. The van der Waals surface area contributed by atoms with Gasteiger partial charge in [-0.2, -0.15) is 0 Å². The van der Waals surface area contributed by atoms with Gasteiger partial charge >= 0.3 is 0 Å². The van der Waals surface area contributed by atoms with E-state index in [1.165, 1.54) is 22.3 Å². The van der Waals surface area contributed by atoms with Crippen molar-refractivity contribution in [2.45, 2.75) is 27.2 Å². The number of benzene rings is 1. The van der Waals surface area contributed by atoms with Crippen LogP contribution < -0.4 is 5.32 Å². The molecule has 0 radical (unpaired) electrons. The Morgan fingerprint density at radius 2 is 1.63 bits per heavy atom. The number of piperazine rings is 1. The average molecular weight is 416 g/mol. The summed E-state index contributed by atoms with van der Waals surface area (Å²) in [6.45, 7) is 14.2. The molecule has 0 saturated carbocycles. The van der Waals surface area contributed by atoms with Crippen LogP contribution in [0.25, 0.3) is 0 Å². The van der Waals surface area contributed by atoms with Crippen molar-refractivity contribution in [3.63, 3.8) is 0 Å². The smallest absolute Gasteiger partial charge is 0.236 e. The lowest BCUT2D eigenvalue weighted by atomic mass is 9.97. The lowest BCUT2D eigenvalue weighted by molar-refractivity contribution is -0.136. The SMILES string of the molecule is CN=C(NCCc1c(C)cc(C)cc1C)N1CCN(CC(=O)N2CCOCC2)CC1. The number of amides is 1. The number of nitrogens with zero attached hydrogens (tertiary/aromatic N) is 4. The number of carbonyl (C=O) groups is 1. The van der Waals surface area contributed by atoms with Crippen LogP contribution in [0.1, 0.15) is 22.3 Å². The van der Waals surface area contributed by atoms with Crippen molar-refractivity contribution >= 4 is 11.9 Å². The van der Waals surface area contributed by atoms with Crippen molar-refractivity contribution in [2.24, 2.45) is 4.99 Å². The van der Waals surface area contributed by atoms with E-state index in [0.29, 0.717) is 19.8 Å². The summed E-state index contributed by atoms with van der Waals surface area (Å²) in [5.41, 5.74) is 5.48. The van der Waals surface area contributed by atoms with Crippen LogP contribution in [0.4, 0.5) is 0 Å². The Morgan fingerprint density at radius 1 is 1.00 bits per heavy atom. The van der Waals surface area contributed by atoms with E-state index in [2.05, 4.69) is 53.0 Å². The summed E-state index contributed by atoms with van der Waals surface area (Å²) in [6.07, 6.45) is 0.991. The number of hydrogen-bond donors (Lipinski definition) is 1. The highest BCUT2D eigenvalue weighted by Crippen LogP contribution is 2.16. The molecule has 0 bridgehead atoms. The van der Waals surface area contributed by atoms with Crippen LogP contribution in [-0.2, 0) is 16.0 Å². The highest BCUT2D eigenvalue weighted by Gasteiger charge is 2.24. The third-order valence-corrected chi connectivity index (χ3v) is 6.10. The summed E-state index contributed by atoms with van der Waals surface area (Å²) < 4.78 is 5.34. The molecule has 1 amide bonds. The van der Waals surface area contributed by atoms with E-state index in [4.69, 9.17) is 4.74 Å². The van der Waals surface area contributed by atoms with E-state index >= 15 is 0 Å². The highest BCUT2D eigenvalue weighted by molar-refractivity contribution is 5.80. The first-order valence-corrected chi connectivity index (χ1v) is 11.1. The molecule has 2 fully saturated rings. The summed E-state index contributed by atoms with van der Waals surface area (Å²) in [5.74, 6) is 1.18. The fourth-order valence-corrected chi connectivity index (χ4v) is 4.46. The van der Waals surface area contributed by atoms with E-state index in [-0.39, 0.29) is 5.91 Å². The van der Waals surface area contributed by atoms with Gasteiger partial charge in [0.2, 0.25) is 5.91 Å². The molecular weight excluding hydrogens is 378 g/mol. The third-order valence-electron chi connectivity index (χ3n) is 6.10. The van der Waals surface area contributed by atoms with Gasteiger partial charge in [0.05, 0.1) is 19.8 Å². The number of carbonyl (C=O) groups excluding carboxylic acids is 1. The molecule has 0 aliphatic carbocycles. The average Bonchev–Trinajstić information content (AvgIpc) is 2.74. The quantitative estimate of drug-likeness (QED) is 0.579. The molecule has 2 saturated heterocycles. The molecule has 0 atom stereocenters. The first kappa shape index (κ1) is 22.6. The van der Waals surface area contributed by atoms with Crippen LogP contribution in [0.15, 0.2) is 17.1 Å². The molecule has 1 N–H and O–H groups in total. The standard InChI is InChI=1S/C23H37N5O2/c1-18-15-19(2)21(20(3)16-18)5-6-25-23(24-4)28-9-7-26(8-10-28)17-22(29)27-11-13-30-14-12-27/h15-16H,5-14,17H2,1-4H3,(H,24,25). The summed E-state index contributed by atoms with van der Waals surface area (Å²) in [7, 11) is 1.85. The first-order chi connectivity index (χ1) is 14.5. The largest absolute Gasteiger partial charge is 0.378 e. The van der Waals surface area contributed by atoms with Gasteiger partial charge < -0.3 is 19.9 Å². The fraction of sp³-hybridized carbons (Fsp3) is 0.652. The minimum Gasteiger partial charge on any atom is -0.378 e. The Morgan fingerprint density at radius 3 is 2.23 bits per heavy atom. The van der Waals surface area contributed by atoms with Gasteiger partial charge in [-0.25, -0.2) is 0 Å². The van der Waals surface area contributed by atoms with Crippen molar-refractivity contribution in [1.29, 1.82) is 0 Å². The molecule has 2 aliphatic heterocycles. The van der Waals surface area contributed by atoms with E-state index in [1.54, 1.807) is 0 Å². The predicted molar refractivity (Wildman–Crippen MR) is 121 cm³/mol. The second-order valence-electron chi connectivity index (χ2n) is 8.36. The molecule has 0 aromatic heterocycles. The molecule has 7 nitrogen and oxygen atoms in total. The van der Waals surface area contributed by atoms with Crippen LogP contribution in [0, 0.1) is 20.8 Å². The summed E-state index contributed by atoms with van der Waals surface area (Å²) in [4.78, 5) is 23.4. The van der Waals surface area contributed by atoms with Gasteiger partial charge in [0, 0.05) is 52.9 Å². The van der Waals surface area contributed by atoms with Crippen LogP contribution in [0.5, 0.6) is 0 Å². The zero-order valence-electron chi connectivity index (χ0n) is 19.0. The van der Waals surface area contributed by atoms with Crippen molar-refractivity contribution in [3.05, 3.63) is 34.4 Å². The van der Waals surface area contributed by atoms with Gasteiger partial charge in [-0.3, -0.25) is 14.7 Å². The topological polar surface area (TPSA) is 60.4 Å². The van der Waals surface area contributed by atoms with Crippen molar-refractivity contribution in [1.82, 2.24) is 20.0 Å². The third kappa shape index (κ3) is 5.95. The summed E-state index contributed by atoms with van der Waals surface area (Å²) in [6, 6.07) is 4.52. The Balaban J connectivity index is 1.43. The summed E-state index contributed by atoms with van der Waals surface area (Å²) in [5, 5.41) is 3.53. The second-order valence-corrected chi connectivity index (χ2v) is 8.36. The van der Waals surface area contributed by atoms with Gasteiger partial charge in [-0.05, 0) is 43.9 Å². The minimum absolute atomic E-state index is 0.220. The molecule has 0 unspecified atom stereocenters. The van der Waals surface area contributed by atoms with Gasteiger partial charge in [0.25, 0.3) is 0 Å². The minimum atomic E-state index is 0.220. The van der Waals surface area contributed by atoms with Gasteiger partial charge in [-0.1, -0.05) is 17.7 Å². The molecular formula is C23H37N5O2. The Bertz CT molecular complexity index is 727. The first-order valence-electron chi connectivity index (χ1n) is 11.1. The molecule has 1 aromatic carbocycles. The number of nitrogens with one attached hydrogen (secondary N) is 1. The summed E-state index contributed by atoms with van der Waals surface area (Å²) >= 11 is 0. The maximum Gasteiger partial charge on any atom is 0.236 e. The molecule has 0 spiro atoms. The maximum atomic E-state index is 12.5. The van der Waals surface area contributed by atoms with Crippen LogP contribution in [0.2, 0.25) is 0 Å². The zero-order valence-corrected chi connectivity index (χ0v) is 19.0. The Kier molecular flexibility index (Phi) is 8.10. The molecule has 2 aliphatic rings. The number of aliphatic imine (C=N–C) groups is 1. The van der Waals surface area contributed by atoms with Gasteiger partial charge in [0.1, 0.15) is 0 Å². The number of ether oxygens (including phenoxy) is 1. The van der Waals surface area contributed by atoms with E-state index in [1.807, 2.05) is 11.9 Å². The van der Waals surface area contributed by atoms with E-state index in [9.17, 15) is 4.79 Å². The molecule has 3 rings (SSSR count). The van der Waals surface area contributed by atoms with Crippen LogP contribution in [0.3, 0.4) is 0 Å². The molecule has 30 heavy (non-hydrogen) atoms. The number of rotatable bonds is 5. The lowest BCUT2D eigenvalue weighted by Gasteiger charge is -2.37. The van der Waals surface area contributed by atoms with E-state index < -0.39 is 0 Å². The number of hydrogen-bond acceptors (Lipinski definition) is 4. The Labute approximate surface area is 181 Å². The molecule has 7 heteroatoms. The number of aryl methyl sites for hydroxylation is 3. The molecule has 2 heterocycles. The monoisotopic (exact) mass is 415 g/mol. The van der Waals surface area contributed by atoms with E-state index in [0.717, 1.165) is 58.2 Å². The van der Waals surface area contributed by atoms with Crippen LogP contribution >= 0.6 is 0 Å². The van der Waals surface area contributed by atoms with Crippen molar-refractivity contribution in [3.8, 4) is 0 Å². The fourth-order valence-electron chi connectivity index (χ4n) is 4.46. The highest BCUT2D eigenvalue weighted by atomic mass is 16.5. The molecule has 1 aromatic rings.